The minimum absolute atomic E-state index is 0. The Balaban J connectivity index is -0.0000000927. The van der Waals surface area contributed by atoms with Gasteiger partial charge in [0.05, 0.1) is 0 Å². The molecule has 0 spiro atoms. The van der Waals surface area contributed by atoms with E-state index >= 15 is 0 Å². The average Bonchev–Trinajstić information content (AvgIpc) is 2.93. The number of hydrogen-bond donors (Lipinski definition) is 9. The molecule has 9 nitrogen and oxygen atoms in total. The molecule has 273 valence electrons. The maximum atomic E-state index is 5.78. The fraction of sp³-hybridized carbons (Fsp3) is 1.00. The molecule has 12 heteroatoms. The first-order valence-corrected chi connectivity index (χ1v) is 16.1. The van der Waals surface area contributed by atoms with Crippen molar-refractivity contribution in [3.05, 3.63) is 0 Å². The van der Waals surface area contributed by atoms with Gasteiger partial charge in [0.1, 0.15) is 0 Å². The summed E-state index contributed by atoms with van der Waals surface area (Å²) >= 11 is 0. The molecule has 0 aromatic rings. The van der Waals surface area contributed by atoms with E-state index in [1.165, 1.54) is 77.0 Å². The standard InChI is InChI=1S/3C7H15N.3C3H10N2.3Au/c3*1-6-4-2-3-5-7(6)8;3*4-2-1-3-5;;;/h3*6-7H,2-5,8H2,1H3;3*1-5H2;;;/t6?,7-;2*6-,7-;;;;;;/m010....../s1. The van der Waals surface area contributed by atoms with Crippen molar-refractivity contribution in [2.45, 2.75) is 135 Å². The first-order chi connectivity index (χ1) is 18.7. The van der Waals surface area contributed by atoms with E-state index in [4.69, 9.17) is 51.6 Å². The summed E-state index contributed by atoms with van der Waals surface area (Å²) in [5.74, 6) is 2.34. The molecule has 1 unspecified atom stereocenters. The number of hydrogen-bond acceptors (Lipinski definition) is 9. The fourth-order valence-electron chi connectivity index (χ4n) is 4.39. The maximum Gasteiger partial charge on any atom is 0.00645 e. The molecule has 3 aliphatic rings. The van der Waals surface area contributed by atoms with Gasteiger partial charge >= 0.3 is 0 Å². The third kappa shape index (κ3) is 41.9. The molecule has 0 bridgehead atoms. The zero-order chi connectivity index (χ0) is 30.3. The molecule has 3 radical (unpaired) electrons. The zero-order valence-electron chi connectivity index (χ0n) is 27.4. The minimum atomic E-state index is 0. The second-order valence-corrected chi connectivity index (χ2v) is 11.6. The van der Waals surface area contributed by atoms with Gasteiger partial charge in [-0.2, -0.15) is 0 Å². The van der Waals surface area contributed by atoms with E-state index < -0.39 is 0 Å². The predicted molar refractivity (Wildman–Crippen MR) is 175 cm³/mol. The van der Waals surface area contributed by atoms with E-state index in [1.54, 1.807) is 0 Å². The van der Waals surface area contributed by atoms with Crippen LogP contribution >= 0.6 is 0 Å². The van der Waals surface area contributed by atoms with E-state index in [0.717, 1.165) is 76.3 Å². The van der Waals surface area contributed by atoms with Gasteiger partial charge in [0.25, 0.3) is 0 Å². The number of rotatable bonds is 6. The summed E-state index contributed by atoms with van der Waals surface area (Å²) in [5, 5.41) is 0. The molecule has 18 N–H and O–H groups in total. The summed E-state index contributed by atoms with van der Waals surface area (Å²) < 4.78 is 0. The van der Waals surface area contributed by atoms with Crippen LogP contribution in [0.5, 0.6) is 0 Å². The molecular weight excluding hydrogens is 1080 g/mol. The summed E-state index contributed by atoms with van der Waals surface area (Å²) in [4.78, 5) is 0. The van der Waals surface area contributed by atoms with Crippen LogP contribution in [0.25, 0.3) is 0 Å². The first-order valence-electron chi connectivity index (χ1n) is 16.1. The van der Waals surface area contributed by atoms with Gasteiger partial charge in [-0.05, 0) is 115 Å². The topological polar surface area (TPSA) is 234 Å². The van der Waals surface area contributed by atoms with Gasteiger partial charge in [0.2, 0.25) is 0 Å². The van der Waals surface area contributed by atoms with Crippen molar-refractivity contribution in [2.75, 3.05) is 39.3 Å². The maximum absolute atomic E-state index is 5.78. The molecular formula is C30H75Au3N9. The second kappa shape index (κ2) is 45.0. The summed E-state index contributed by atoms with van der Waals surface area (Å²) in [7, 11) is 0. The van der Waals surface area contributed by atoms with Crippen molar-refractivity contribution < 1.29 is 67.1 Å². The van der Waals surface area contributed by atoms with Gasteiger partial charge in [-0.15, -0.1) is 0 Å². The molecule has 3 rings (SSSR count). The Morgan fingerprint density at radius 2 is 0.524 bits per heavy atom. The van der Waals surface area contributed by atoms with Crippen LogP contribution in [0.15, 0.2) is 0 Å². The quantitative estimate of drug-likeness (QED) is 0.178. The Bertz CT molecular complexity index is 360. The van der Waals surface area contributed by atoms with E-state index in [1.807, 2.05) is 0 Å². The van der Waals surface area contributed by atoms with Crippen molar-refractivity contribution in [1.29, 1.82) is 0 Å². The SMILES string of the molecule is CC1CCCC[C@@H]1N.C[C@@H]1CCCC[C@H]1N.C[C@H]1CCCC[C@@H]1N.NCCCN.NCCCN.NCCCN.[Au].[Au].[Au]. The van der Waals surface area contributed by atoms with Crippen LogP contribution in [0.2, 0.25) is 0 Å². The summed E-state index contributed by atoms with van der Waals surface area (Å²) in [6.07, 6.45) is 18.9. The Morgan fingerprint density at radius 3 is 0.595 bits per heavy atom. The van der Waals surface area contributed by atoms with E-state index in [2.05, 4.69) is 20.8 Å². The van der Waals surface area contributed by atoms with Crippen LogP contribution in [0.1, 0.15) is 117 Å². The Hall–Kier alpha value is 1.86. The summed E-state index contributed by atoms with van der Waals surface area (Å²) in [6, 6.07) is 1.51. The van der Waals surface area contributed by atoms with Gasteiger partial charge < -0.3 is 51.6 Å². The smallest absolute Gasteiger partial charge is 0.00645 e. The monoisotopic (exact) mass is 1150 g/mol. The van der Waals surface area contributed by atoms with Crippen LogP contribution in [-0.4, -0.2) is 57.4 Å². The molecule has 3 saturated carbocycles. The third-order valence-corrected chi connectivity index (χ3v) is 7.76. The molecule has 0 heterocycles. The van der Waals surface area contributed by atoms with Crippen LogP contribution in [0, 0.1) is 17.8 Å². The molecule has 0 amide bonds. The predicted octanol–water partition coefficient (Wildman–Crippen LogP) is 2.45. The van der Waals surface area contributed by atoms with Crippen molar-refractivity contribution in [1.82, 2.24) is 0 Å². The van der Waals surface area contributed by atoms with E-state index in [9.17, 15) is 0 Å². The van der Waals surface area contributed by atoms with Crippen molar-refractivity contribution >= 4 is 0 Å². The molecule has 42 heavy (non-hydrogen) atoms. The van der Waals surface area contributed by atoms with Gasteiger partial charge in [-0.3, -0.25) is 0 Å². The molecule has 0 saturated heterocycles. The normalized spacial score (nSPS) is 25.7. The van der Waals surface area contributed by atoms with Crippen molar-refractivity contribution in [3.8, 4) is 0 Å². The van der Waals surface area contributed by atoms with Crippen LogP contribution in [0.4, 0.5) is 0 Å². The van der Waals surface area contributed by atoms with Crippen LogP contribution < -0.4 is 51.6 Å². The Kier molecular flexibility index (Phi) is 60.2. The summed E-state index contributed by atoms with van der Waals surface area (Å²) in [6.45, 7) is 11.1. The molecule has 3 aliphatic carbocycles. The van der Waals surface area contributed by atoms with E-state index in [0.29, 0.717) is 18.1 Å². The van der Waals surface area contributed by atoms with Gasteiger partial charge in [0.15, 0.2) is 0 Å². The molecule has 0 aromatic carbocycles. The van der Waals surface area contributed by atoms with Crippen molar-refractivity contribution in [3.63, 3.8) is 0 Å². The van der Waals surface area contributed by atoms with Gasteiger partial charge in [-0.1, -0.05) is 59.3 Å². The average molecular weight is 1150 g/mol. The summed E-state index contributed by atoms with van der Waals surface area (Å²) in [5.41, 5.74) is 47.7. The fourth-order valence-corrected chi connectivity index (χ4v) is 4.39. The van der Waals surface area contributed by atoms with Crippen LogP contribution in [-0.2, 0) is 67.1 Å². The van der Waals surface area contributed by atoms with Crippen molar-refractivity contribution in [2.24, 2.45) is 69.4 Å². The third-order valence-electron chi connectivity index (χ3n) is 7.76. The zero-order valence-corrected chi connectivity index (χ0v) is 33.9. The van der Waals surface area contributed by atoms with Gasteiger partial charge in [0, 0.05) is 85.3 Å². The first kappa shape index (κ1) is 56.2. The largest absolute Gasteiger partial charge is 0.330 e. The van der Waals surface area contributed by atoms with E-state index in [-0.39, 0.29) is 67.1 Å². The minimum Gasteiger partial charge on any atom is -0.330 e. The number of nitrogens with two attached hydrogens (primary N) is 9. The Morgan fingerprint density at radius 1 is 0.357 bits per heavy atom. The van der Waals surface area contributed by atoms with Gasteiger partial charge in [-0.25, -0.2) is 0 Å². The molecule has 6 atom stereocenters. The molecule has 0 aromatic heterocycles. The Labute approximate surface area is 308 Å². The molecule has 3 fully saturated rings. The van der Waals surface area contributed by atoms with Crippen LogP contribution in [0.3, 0.4) is 0 Å². The molecule has 0 aliphatic heterocycles. The second-order valence-electron chi connectivity index (χ2n) is 11.6.